The van der Waals surface area contributed by atoms with Gasteiger partial charge >= 0.3 is 5.97 Å². The monoisotopic (exact) mass is 483 g/mol. The number of benzene rings is 1. The van der Waals surface area contributed by atoms with Crippen LogP contribution in [-0.2, 0) is 19.2 Å². The summed E-state index contributed by atoms with van der Waals surface area (Å²) in [6.07, 6.45) is -0.466. The van der Waals surface area contributed by atoms with Crippen LogP contribution in [0.5, 0.6) is 5.75 Å². The maximum Gasteiger partial charge on any atom is 0.305 e. The first-order valence-corrected chi connectivity index (χ1v) is 11.0. The lowest BCUT2D eigenvalue weighted by Gasteiger charge is -2.32. The van der Waals surface area contributed by atoms with Crippen molar-refractivity contribution in [1.82, 2.24) is 15.5 Å². The van der Waals surface area contributed by atoms with Crippen LogP contribution in [0.4, 0.5) is 0 Å². The molecule has 182 valence electrons. The number of halogens is 1. The van der Waals surface area contributed by atoms with E-state index in [1.165, 1.54) is 12.0 Å². The second-order valence-electron chi connectivity index (χ2n) is 8.22. The molecule has 4 atom stereocenters. The van der Waals surface area contributed by atoms with Crippen molar-refractivity contribution < 1.29 is 34.1 Å². The van der Waals surface area contributed by atoms with E-state index in [4.69, 9.17) is 21.4 Å². The fourth-order valence-corrected chi connectivity index (χ4v) is 4.02. The molecule has 1 heterocycles. The van der Waals surface area contributed by atoms with Gasteiger partial charge in [-0.05, 0) is 37.0 Å². The Morgan fingerprint density at radius 1 is 1.33 bits per heavy atom. The Morgan fingerprint density at radius 3 is 2.58 bits per heavy atom. The molecule has 0 spiro atoms. The first kappa shape index (κ1) is 26.6. The van der Waals surface area contributed by atoms with Gasteiger partial charge in [0.15, 0.2) is 0 Å². The van der Waals surface area contributed by atoms with Gasteiger partial charge in [-0.2, -0.15) is 0 Å². The molecule has 2 amide bonds. The number of carboxylic acids is 1. The molecule has 33 heavy (non-hydrogen) atoms. The predicted octanol–water partition coefficient (Wildman–Crippen LogP) is 1.10. The van der Waals surface area contributed by atoms with Crippen LogP contribution in [0.15, 0.2) is 18.2 Å². The number of aliphatic hydroxyl groups is 1. The summed E-state index contributed by atoms with van der Waals surface area (Å²) in [5, 5.41) is 25.1. The van der Waals surface area contributed by atoms with E-state index < -0.39 is 42.7 Å². The number of carbonyl (C=O) groups is 4. The van der Waals surface area contributed by atoms with Gasteiger partial charge in [0.05, 0.1) is 30.6 Å². The molecule has 2 rings (SSSR count). The molecule has 0 aliphatic carbocycles. The molecule has 0 aromatic heterocycles. The fraction of sp³-hybridized carbons (Fsp3) is 0.545. The minimum atomic E-state index is -1.25. The van der Waals surface area contributed by atoms with Crippen LogP contribution in [-0.4, -0.2) is 71.0 Å². The van der Waals surface area contributed by atoms with Gasteiger partial charge in [0.2, 0.25) is 11.8 Å². The zero-order valence-corrected chi connectivity index (χ0v) is 19.5. The van der Waals surface area contributed by atoms with Crippen LogP contribution in [0.1, 0.15) is 44.9 Å². The Kier molecular flexibility index (Phi) is 9.63. The average Bonchev–Trinajstić information content (AvgIpc) is 3.25. The van der Waals surface area contributed by atoms with Crippen molar-refractivity contribution in [3.63, 3.8) is 0 Å². The van der Waals surface area contributed by atoms with Crippen molar-refractivity contribution in [3.05, 3.63) is 28.8 Å². The SMILES string of the molecule is COc1ccc(C(O)N[C@H](C(=O)N2CCC[C@H]2C(=O)N[C@H](C=O)CC(=O)O)C(C)C)c(Cl)c1. The quantitative estimate of drug-likeness (QED) is 0.270. The Bertz CT molecular complexity index is 880. The number of rotatable bonds is 11. The Morgan fingerprint density at radius 2 is 2.03 bits per heavy atom. The molecule has 4 N–H and O–H groups in total. The molecule has 0 radical (unpaired) electrons. The van der Waals surface area contributed by atoms with E-state index in [1.54, 1.807) is 32.0 Å². The van der Waals surface area contributed by atoms with Gasteiger partial charge < -0.3 is 30.0 Å². The van der Waals surface area contributed by atoms with Gasteiger partial charge in [-0.25, -0.2) is 0 Å². The van der Waals surface area contributed by atoms with E-state index in [0.29, 0.717) is 37.0 Å². The molecular weight excluding hydrogens is 454 g/mol. The summed E-state index contributed by atoms with van der Waals surface area (Å²) in [4.78, 5) is 49.4. The Labute approximate surface area is 197 Å². The van der Waals surface area contributed by atoms with Crippen LogP contribution < -0.4 is 15.4 Å². The second kappa shape index (κ2) is 12.0. The molecular formula is C22H30ClN3O7. The summed E-state index contributed by atoms with van der Waals surface area (Å²) in [5.41, 5.74) is 0.370. The third-order valence-corrected chi connectivity index (χ3v) is 5.82. The molecule has 1 saturated heterocycles. The molecule has 1 fully saturated rings. The topological polar surface area (TPSA) is 145 Å². The number of amides is 2. The summed E-state index contributed by atoms with van der Waals surface area (Å²) in [6.45, 7) is 3.93. The molecule has 1 aromatic carbocycles. The number of ether oxygens (including phenoxy) is 1. The van der Waals surface area contributed by atoms with Crippen molar-refractivity contribution >= 4 is 35.7 Å². The number of aliphatic carboxylic acids is 1. The fourth-order valence-electron chi connectivity index (χ4n) is 3.75. The van der Waals surface area contributed by atoms with Crippen LogP contribution in [0.25, 0.3) is 0 Å². The Hall–Kier alpha value is -2.69. The highest BCUT2D eigenvalue weighted by Crippen LogP contribution is 2.28. The highest BCUT2D eigenvalue weighted by Gasteiger charge is 2.39. The second-order valence-corrected chi connectivity index (χ2v) is 8.62. The molecule has 0 bridgehead atoms. The number of aliphatic hydroxyl groups excluding tert-OH is 1. The van der Waals surface area contributed by atoms with Crippen molar-refractivity contribution in [2.45, 2.75) is 57.5 Å². The third-order valence-electron chi connectivity index (χ3n) is 5.50. The molecule has 11 heteroatoms. The highest BCUT2D eigenvalue weighted by molar-refractivity contribution is 6.31. The van der Waals surface area contributed by atoms with Crippen LogP contribution >= 0.6 is 11.6 Å². The van der Waals surface area contributed by atoms with Crippen LogP contribution in [0.2, 0.25) is 5.02 Å². The maximum atomic E-state index is 13.3. The largest absolute Gasteiger partial charge is 0.497 e. The van der Waals surface area contributed by atoms with E-state index in [2.05, 4.69) is 10.6 Å². The zero-order valence-electron chi connectivity index (χ0n) is 18.8. The lowest BCUT2D eigenvalue weighted by molar-refractivity contribution is -0.143. The predicted molar refractivity (Wildman–Crippen MR) is 120 cm³/mol. The first-order chi connectivity index (χ1) is 15.6. The van der Waals surface area contributed by atoms with Crippen molar-refractivity contribution in [1.29, 1.82) is 0 Å². The number of nitrogens with zero attached hydrogens (tertiary/aromatic N) is 1. The smallest absolute Gasteiger partial charge is 0.305 e. The minimum Gasteiger partial charge on any atom is -0.497 e. The molecule has 10 nitrogen and oxygen atoms in total. The number of aldehydes is 1. The van der Waals surface area contributed by atoms with Crippen molar-refractivity contribution in [3.8, 4) is 5.75 Å². The number of likely N-dealkylation sites (tertiary alicyclic amines) is 1. The van der Waals surface area contributed by atoms with E-state index in [1.807, 2.05) is 0 Å². The maximum absolute atomic E-state index is 13.3. The number of methoxy groups -OCH3 is 1. The van der Waals surface area contributed by atoms with Gasteiger partial charge in [-0.15, -0.1) is 0 Å². The van der Waals surface area contributed by atoms with E-state index >= 15 is 0 Å². The lowest BCUT2D eigenvalue weighted by Crippen LogP contribution is -2.55. The standard InChI is InChI=1S/C22H30ClN3O7/c1-12(2)19(25-20(30)15-7-6-14(33-3)10-16(15)23)22(32)26-8-4-5-17(26)21(31)24-13(11-27)9-18(28)29/h6-7,10-13,17,19-20,25,30H,4-5,8-9H2,1-3H3,(H,24,31)(H,28,29)/t13-,17-,19-,20?/m0/s1. The van der Waals surface area contributed by atoms with Crippen LogP contribution in [0.3, 0.4) is 0 Å². The third kappa shape index (κ3) is 6.89. The number of hydrogen-bond acceptors (Lipinski definition) is 7. The van der Waals surface area contributed by atoms with E-state index in [0.717, 1.165) is 0 Å². The zero-order chi connectivity index (χ0) is 24.7. The van der Waals surface area contributed by atoms with E-state index in [9.17, 15) is 24.3 Å². The number of carbonyl (C=O) groups excluding carboxylic acids is 3. The summed E-state index contributed by atoms with van der Waals surface area (Å²) in [6, 6.07) is 1.95. The van der Waals surface area contributed by atoms with Gasteiger partial charge in [-0.3, -0.25) is 19.7 Å². The minimum absolute atomic E-state index is 0.233. The summed E-state index contributed by atoms with van der Waals surface area (Å²) >= 11 is 6.24. The Balaban J connectivity index is 2.14. The molecule has 1 unspecified atom stereocenters. The summed E-state index contributed by atoms with van der Waals surface area (Å²) < 4.78 is 5.11. The average molecular weight is 484 g/mol. The van der Waals surface area contributed by atoms with Crippen LogP contribution in [0, 0.1) is 5.92 Å². The summed E-state index contributed by atoms with van der Waals surface area (Å²) in [5.74, 6) is -1.90. The highest BCUT2D eigenvalue weighted by atomic mass is 35.5. The van der Waals surface area contributed by atoms with Crippen molar-refractivity contribution in [2.75, 3.05) is 13.7 Å². The first-order valence-electron chi connectivity index (χ1n) is 10.6. The number of carboxylic acid groups (broad SMARTS) is 1. The molecule has 0 saturated carbocycles. The molecule has 1 aliphatic rings. The van der Waals surface area contributed by atoms with E-state index in [-0.39, 0.29) is 16.8 Å². The van der Waals surface area contributed by atoms with Crippen molar-refractivity contribution in [2.24, 2.45) is 5.92 Å². The lowest BCUT2D eigenvalue weighted by atomic mass is 10.0. The molecule has 1 aliphatic heterocycles. The number of hydrogen-bond donors (Lipinski definition) is 4. The van der Waals surface area contributed by atoms with Gasteiger partial charge in [0, 0.05) is 12.1 Å². The van der Waals surface area contributed by atoms with Gasteiger partial charge in [-0.1, -0.05) is 25.4 Å². The number of nitrogens with one attached hydrogen (secondary N) is 2. The summed E-state index contributed by atoms with van der Waals surface area (Å²) in [7, 11) is 1.50. The van der Waals surface area contributed by atoms with Gasteiger partial charge in [0.1, 0.15) is 24.3 Å². The normalized spacial score (nSPS) is 18.5. The van der Waals surface area contributed by atoms with Gasteiger partial charge in [0.25, 0.3) is 0 Å². The molecule has 1 aromatic rings.